The summed E-state index contributed by atoms with van der Waals surface area (Å²) in [6.45, 7) is 0.515. The zero-order chi connectivity index (χ0) is 17.5. The van der Waals surface area contributed by atoms with Crippen LogP contribution in [0.2, 0.25) is 0 Å². The predicted octanol–water partition coefficient (Wildman–Crippen LogP) is 5.96. The SMILES string of the molecule is CSc1ccc(C(=NOCCCCl)c2cccc3ccccc23)cc1. The molecule has 0 aliphatic carbocycles. The molecule has 0 N–H and O–H groups in total. The van der Waals surface area contributed by atoms with Gasteiger partial charge in [-0.2, -0.15) is 0 Å². The Morgan fingerprint density at radius 3 is 2.52 bits per heavy atom. The number of fused-ring (bicyclic) bond motifs is 1. The van der Waals surface area contributed by atoms with Crippen molar-refractivity contribution in [2.24, 2.45) is 5.16 Å². The lowest BCUT2D eigenvalue weighted by Gasteiger charge is -2.11. The maximum atomic E-state index is 5.73. The number of nitrogens with zero attached hydrogens (tertiary/aromatic N) is 1. The Labute approximate surface area is 157 Å². The molecular weight excluding hydrogens is 350 g/mol. The zero-order valence-electron chi connectivity index (χ0n) is 14.1. The smallest absolute Gasteiger partial charge is 0.118 e. The van der Waals surface area contributed by atoms with Gasteiger partial charge >= 0.3 is 0 Å². The van der Waals surface area contributed by atoms with Crippen molar-refractivity contribution >= 4 is 39.8 Å². The standard InChI is InChI=1S/C21H20ClNOS/c1-25-18-12-10-17(11-13-18)21(23-24-15-5-14-22)20-9-4-7-16-6-2-3-8-19(16)20/h2-4,6-13H,5,14-15H2,1H3. The van der Waals surface area contributed by atoms with E-state index in [1.807, 2.05) is 6.07 Å². The van der Waals surface area contributed by atoms with Gasteiger partial charge < -0.3 is 4.84 Å². The van der Waals surface area contributed by atoms with Crippen molar-refractivity contribution in [1.29, 1.82) is 0 Å². The van der Waals surface area contributed by atoms with Gasteiger partial charge in [0.1, 0.15) is 12.3 Å². The van der Waals surface area contributed by atoms with Gasteiger partial charge in [0.2, 0.25) is 0 Å². The second-order valence-electron chi connectivity index (χ2n) is 5.57. The van der Waals surface area contributed by atoms with Crippen LogP contribution < -0.4 is 0 Å². The summed E-state index contributed by atoms with van der Waals surface area (Å²) >= 11 is 7.46. The summed E-state index contributed by atoms with van der Waals surface area (Å²) in [6, 6.07) is 23.0. The molecule has 0 amide bonds. The quantitative estimate of drug-likeness (QED) is 0.168. The molecule has 3 aromatic rings. The summed E-state index contributed by atoms with van der Waals surface area (Å²) in [4.78, 5) is 6.77. The van der Waals surface area contributed by atoms with E-state index in [1.54, 1.807) is 11.8 Å². The van der Waals surface area contributed by atoms with Gasteiger partial charge in [0, 0.05) is 21.9 Å². The first kappa shape index (κ1) is 17.8. The number of benzene rings is 3. The van der Waals surface area contributed by atoms with Crippen LogP contribution in [0.25, 0.3) is 10.8 Å². The van der Waals surface area contributed by atoms with Crippen LogP contribution in [0.15, 0.2) is 76.8 Å². The number of alkyl halides is 1. The summed E-state index contributed by atoms with van der Waals surface area (Å²) < 4.78 is 0. The van der Waals surface area contributed by atoms with Crippen LogP contribution in [0.3, 0.4) is 0 Å². The number of thioether (sulfide) groups is 1. The Bertz CT molecular complexity index is 856. The van der Waals surface area contributed by atoms with Crippen LogP contribution in [0.5, 0.6) is 0 Å². The van der Waals surface area contributed by atoms with Crippen LogP contribution in [0.4, 0.5) is 0 Å². The van der Waals surface area contributed by atoms with Crippen LogP contribution in [-0.2, 0) is 4.84 Å². The third-order valence-electron chi connectivity index (χ3n) is 3.93. The van der Waals surface area contributed by atoms with Gasteiger partial charge in [0.25, 0.3) is 0 Å². The summed E-state index contributed by atoms with van der Waals surface area (Å²) in [6.07, 6.45) is 2.85. The fraction of sp³-hybridized carbons (Fsp3) is 0.190. The van der Waals surface area contributed by atoms with Crippen molar-refractivity contribution in [3.05, 3.63) is 77.9 Å². The fourth-order valence-corrected chi connectivity index (χ4v) is 3.18. The van der Waals surface area contributed by atoms with Crippen LogP contribution in [0.1, 0.15) is 17.5 Å². The largest absolute Gasteiger partial charge is 0.395 e. The van der Waals surface area contributed by atoms with Crippen molar-refractivity contribution < 1.29 is 4.84 Å². The molecule has 128 valence electrons. The van der Waals surface area contributed by atoms with E-state index in [0.29, 0.717) is 12.5 Å². The van der Waals surface area contributed by atoms with E-state index in [1.165, 1.54) is 15.7 Å². The minimum Gasteiger partial charge on any atom is -0.395 e. The fourth-order valence-electron chi connectivity index (χ4n) is 2.67. The van der Waals surface area contributed by atoms with Gasteiger partial charge in [-0.05, 0) is 35.6 Å². The lowest BCUT2D eigenvalue weighted by Crippen LogP contribution is -2.06. The first-order valence-electron chi connectivity index (χ1n) is 8.22. The molecule has 0 saturated carbocycles. The Balaban J connectivity index is 2.06. The van der Waals surface area contributed by atoms with Crippen molar-refractivity contribution in [1.82, 2.24) is 0 Å². The molecule has 0 bridgehead atoms. The van der Waals surface area contributed by atoms with Crippen LogP contribution in [-0.4, -0.2) is 24.5 Å². The van der Waals surface area contributed by atoms with Gasteiger partial charge in [-0.25, -0.2) is 0 Å². The van der Waals surface area contributed by atoms with E-state index in [4.69, 9.17) is 16.4 Å². The zero-order valence-corrected chi connectivity index (χ0v) is 15.7. The average Bonchev–Trinajstić information content (AvgIpc) is 2.68. The maximum absolute atomic E-state index is 5.73. The van der Waals surface area contributed by atoms with Crippen molar-refractivity contribution in [2.75, 3.05) is 18.7 Å². The summed E-state index contributed by atoms with van der Waals surface area (Å²) in [7, 11) is 0. The second kappa shape index (κ2) is 8.93. The topological polar surface area (TPSA) is 21.6 Å². The second-order valence-corrected chi connectivity index (χ2v) is 6.83. The molecule has 0 aliphatic rings. The predicted molar refractivity (Wildman–Crippen MR) is 109 cm³/mol. The number of oxime groups is 1. The lowest BCUT2D eigenvalue weighted by molar-refractivity contribution is 0.146. The number of rotatable bonds is 7. The van der Waals surface area contributed by atoms with Gasteiger partial charge in [-0.3, -0.25) is 0 Å². The molecule has 0 fully saturated rings. The lowest BCUT2D eigenvalue weighted by atomic mass is 9.97. The molecule has 3 rings (SSSR count). The minimum atomic E-state index is 0.515. The highest BCUT2D eigenvalue weighted by Gasteiger charge is 2.12. The Morgan fingerprint density at radius 1 is 1.00 bits per heavy atom. The maximum Gasteiger partial charge on any atom is 0.118 e. The van der Waals surface area contributed by atoms with Crippen LogP contribution >= 0.6 is 23.4 Å². The van der Waals surface area contributed by atoms with E-state index in [0.717, 1.165) is 23.3 Å². The van der Waals surface area contributed by atoms with Gasteiger partial charge in [0.15, 0.2) is 0 Å². The van der Waals surface area contributed by atoms with Gasteiger partial charge in [0.05, 0.1) is 0 Å². The highest BCUT2D eigenvalue weighted by molar-refractivity contribution is 7.98. The van der Waals surface area contributed by atoms with E-state index in [9.17, 15) is 0 Å². The minimum absolute atomic E-state index is 0.515. The summed E-state index contributed by atoms with van der Waals surface area (Å²) in [5.41, 5.74) is 2.96. The van der Waals surface area contributed by atoms with Crippen molar-refractivity contribution in [3.8, 4) is 0 Å². The Kier molecular flexibility index (Phi) is 6.37. The van der Waals surface area contributed by atoms with Gasteiger partial charge in [-0.15, -0.1) is 23.4 Å². The Hall–Kier alpha value is -1.97. The summed E-state index contributed by atoms with van der Waals surface area (Å²) in [5, 5.41) is 6.81. The van der Waals surface area contributed by atoms with E-state index < -0.39 is 0 Å². The van der Waals surface area contributed by atoms with Crippen LogP contribution in [0, 0.1) is 0 Å². The molecule has 25 heavy (non-hydrogen) atoms. The third kappa shape index (κ3) is 4.36. The summed E-state index contributed by atoms with van der Waals surface area (Å²) in [5.74, 6) is 0.571. The molecule has 0 unspecified atom stereocenters. The van der Waals surface area contributed by atoms with Gasteiger partial charge in [-0.1, -0.05) is 59.8 Å². The number of hydrogen-bond donors (Lipinski definition) is 0. The van der Waals surface area contributed by atoms with E-state index in [2.05, 4.69) is 72.1 Å². The Morgan fingerprint density at radius 2 is 1.76 bits per heavy atom. The van der Waals surface area contributed by atoms with E-state index in [-0.39, 0.29) is 0 Å². The normalized spacial score (nSPS) is 11.7. The molecule has 0 saturated heterocycles. The highest BCUT2D eigenvalue weighted by Crippen LogP contribution is 2.23. The first-order chi connectivity index (χ1) is 12.3. The molecule has 4 heteroatoms. The molecule has 2 nitrogen and oxygen atoms in total. The first-order valence-corrected chi connectivity index (χ1v) is 9.98. The molecule has 0 radical (unpaired) electrons. The number of hydrogen-bond acceptors (Lipinski definition) is 3. The molecular formula is C21H20ClNOS. The third-order valence-corrected chi connectivity index (χ3v) is 4.94. The highest BCUT2D eigenvalue weighted by atomic mass is 35.5. The van der Waals surface area contributed by atoms with Crippen molar-refractivity contribution in [2.45, 2.75) is 11.3 Å². The molecule has 0 atom stereocenters. The monoisotopic (exact) mass is 369 g/mol. The molecule has 3 aromatic carbocycles. The molecule has 0 heterocycles. The number of halogens is 1. The molecule has 0 spiro atoms. The molecule has 0 aliphatic heterocycles. The van der Waals surface area contributed by atoms with Crippen molar-refractivity contribution in [3.63, 3.8) is 0 Å². The molecule has 0 aromatic heterocycles. The average molecular weight is 370 g/mol. The van der Waals surface area contributed by atoms with E-state index >= 15 is 0 Å².